The van der Waals surface area contributed by atoms with Crippen LogP contribution in [0.5, 0.6) is 0 Å². The molecule has 3 rings (SSSR count). The SMILES string of the molecule is Cc1c([C@H](NC(=O)Nc2cnc(N)nc2)C(F)(F)F)oc2c(F)cc(F)cc12. The molecular formula is C16H12F5N5O2. The minimum atomic E-state index is -4.98. The van der Waals surface area contributed by atoms with Crippen molar-refractivity contribution >= 4 is 28.6 Å². The van der Waals surface area contributed by atoms with Crippen molar-refractivity contribution in [3.63, 3.8) is 0 Å². The van der Waals surface area contributed by atoms with Crippen LogP contribution in [0.2, 0.25) is 0 Å². The fourth-order valence-electron chi connectivity index (χ4n) is 2.53. The van der Waals surface area contributed by atoms with Crippen molar-refractivity contribution in [2.24, 2.45) is 0 Å². The molecule has 0 radical (unpaired) electrons. The number of halogens is 5. The van der Waals surface area contributed by atoms with E-state index >= 15 is 0 Å². The number of nitrogens with two attached hydrogens (primary N) is 1. The van der Waals surface area contributed by atoms with Crippen LogP contribution in [-0.4, -0.2) is 22.2 Å². The quantitative estimate of drug-likeness (QED) is 0.579. The van der Waals surface area contributed by atoms with E-state index in [9.17, 15) is 26.7 Å². The Labute approximate surface area is 153 Å². The summed E-state index contributed by atoms with van der Waals surface area (Å²) in [4.78, 5) is 19.2. The van der Waals surface area contributed by atoms with Gasteiger partial charge in [-0.2, -0.15) is 13.2 Å². The molecule has 1 aromatic carbocycles. The first-order chi connectivity index (χ1) is 13.1. The first-order valence-electron chi connectivity index (χ1n) is 7.66. The van der Waals surface area contributed by atoms with Gasteiger partial charge in [0.1, 0.15) is 11.6 Å². The van der Waals surface area contributed by atoms with Crippen LogP contribution in [-0.2, 0) is 0 Å². The van der Waals surface area contributed by atoms with Gasteiger partial charge in [-0.05, 0) is 13.0 Å². The summed E-state index contributed by atoms with van der Waals surface area (Å²) in [5.74, 6) is -2.99. The van der Waals surface area contributed by atoms with Gasteiger partial charge in [-0.25, -0.2) is 23.5 Å². The Hall–Kier alpha value is -3.44. The number of nitrogens with zero attached hydrogens (tertiary/aromatic N) is 2. The molecule has 0 fully saturated rings. The fraction of sp³-hybridized carbons (Fsp3) is 0.188. The van der Waals surface area contributed by atoms with Crippen LogP contribution in [0.25, 0.3) is 11.0 Å². The van der Waals surface area contributed by atoms with Crippen molar-refractivity contribution in [2.75, 3.05) is 11.1 Å². The largest absolute Gasteiger partial charge is 0.455 e. The summed E-state index contributed by atoms with van der Waals surface area (Å²) >= 11 is 0. The van der Waals surface area contributed by atoms with E-state index in [0.29, 0.717) is 6.07 Å². The number of aromatic nitrogens is 2. The van der Waals surface area contributed by atoms with Gasteiger partial charge in [0.15, 0.2) is 17.4 Å². The first kappa shape index (κ1) is 19.3. The molecular weight excluding hydrogens is 389 g/mol. The third-order valence-electron chi connectivity index (χ3n) is 3.79. The normalized spacial score (nSPS) is 12.8. The van der Waals surface area contributed by atoms with Gasteiger partial charge >= 0.3 is 12.2 Å². The van der Waals surface area contributed by atoms with Gasteiger partial charge in [-0.15, -0.1) is 0 Å². The molecule has 12 heteroatoms. The molecule has 0 aliphatic heterocycles. The number of furan rings is 1. The summed E-state index contributed by atoms with van der Waals surface area (Å²) in [5.41, 5.74) is 4.56. The number of carbonyl (C=O) groups excluding carboxylic acids is 1. The molecule has 2 heterocycles. The maximum Gasteiger partial charge on any atom is 0.416 e. The summed E-state index contributed by atoms with van der Waals surface area (Å²) < 4.78 is 72.8. The number of rotatable bonds is 3. The van der Waals surface area contributed by atoms with E-state index < -0.39 is 41.2 Å². The second kappa shape index (κ2) is 6.94. The number of alkyl halides is 3. The van der Waals surface area contributed by atoms with Gasteiger partial charge in [0.05, 0.1) is 18.1 Å². The number of carbonyl (C=O) groups is 1. The molecule has 0 saturated heterocycles. The van der Waals surface area contributed by atoms with E-state index in [-0.39, 0.29) is 22.6 Å². The lowest BCUT2D eigenvalue weighted by Gasteiger charge is -2.20. The van der Waals surface area contributed by atoms with E-state index in [1.807, 2.05) is 0 Å². The van der Waals surface area contributed by atoms with Crippen LogP contribution < -0.4 is 16.4 Å². The van der Waals surface area contributed by atoms with Crippen LogP contribution in [0.15, 0.2) is 28.9 Å². The highest BCUT2D eigenvalue weighted by Crippen LogP contribution is 2.39. The third kappa shape index (κ3) is 3.80. The van der Waals surface area contributed by atoms with Crippen LogP contribution >= 0.6 is 0 Å². The Morgan fingerprint density at radius 3 is 2.46 bits per heavy atom. The molecule has 2 amide bonds. The minimum Gasteiger partial charge on any atom is -0.455 e. The van der Waals surface area contributed by atoms with Crippen molar-refractivity contribution < 1.29 is 31.2 Å². The maximum absolute atomic E-state index is 13.8. The molecule has 2 aromatic heterocycles. The van der Waals surface area contributed by atoms with Crippen molar-refractivity contribution in [1.29, 1.82) is 0 Å². The molecule has 0 bridgehead atoms. The Kier molecular flexibility index (Phi) is 4.79. The number of hydrogen-bond donors (Lipinski definition) is 3. The molecule has 4 N–H and O–H groups in total. The zero-order valence-electron chi connectivity index (χ0n) is 14.1. The van der Waals surface area contributed by atoms with Crippen LogP contribution in [0.3, 0.4) is 0 Å². The highest BCUT2D eigenvalue weighted by molar-refractivity contribution is 5.89. The second-order valence-electron chi connectivity index (χ2n) is 5.76. The number of amides is 2. The predicted octanol–water partition coefficient (Wildman–Crippen LogP) is 3.82. The van der Waals surface area contributed by atoms with Crippen molar-refractivity contribution in [3.05, 3.63) is 47.5 Å². The Morgan fingerprint density at radius 2 is 1.86 bits per heavy atom. The Bertz CT molecular complexity index is 1030. The summed E-state index contributed by atoms with van der Waals surface area (Å²) in [6.07, 6.45) is -2.80. The highest BCUT2D eigenvalue weighted by atomic mass is 19.4. The van der Waals surface area contributed by atoms with Crippen molar-refractivity contribution in [3.8, 4) is 0 Å². The lowest BCUT2D eigenvalue weighted by molar-refractivity contribution is -0.158. The average molecular weight is 401 g/mol. The Balaban J connectivity index is 1.94. The van der Waals surface area contributed by atoms with E-state index in [1.54, 1.807) is 5.32 Å². The van der Waals surface area contributed by atoms with E-state index in [2.05, 4.69) is 15.3 Å². The van der Waals surface area contributed by atoms with Gasteiger partial charge in [0.25, 0.3) is 0 Å². The predicted molar refractivity (Wildman–Crippen MR) is 88.3 cm³/mol. The highest BCUT2D eigenvalue weighted by Gasteiger charge is 2.45. The zero-order valence-corrected chi connectivity index (χ0v) is 14.1. The number of anilines is 2. The number of fused-ring (bicyclic) bond motifs is 1. The number of aryl methyl sites for hydroxylation is 1. The minimum absolute atomic E-state index is 0.0120. The average Bonchev–Trinajstić information content (AvgIpc) is 2.91. The van der Waals surface area contributed by atoms with Gasteiger partial charge in [-0.1, -0.05) is 0 Å². The van der Waals surface area contributed by atoms with Crippen molar-refractivity contribution in [1.82, 2.24) is 15.3 Å². The number of nitrogen functional groups attached to an aromatic ring is 1. The van der Waals surface area contributed by atoms with Crippen molar-refractivity contribution in [2.45, 2.75) is 19.1 Å². The lowest BCUT2D eigenvalue weighted by atomic mass is 10.1. The molecule has 0 unspecified atom stereocenters. The van der Waals surface area contributed by atoms with Crippen LogP contribution in [0.4, 0.5) is 38.4 Å². The molecule has 0 aliphatic rings. The second-order valence-corrected chi connectivity index (χ2v) is 5.76. The molecule has 0 saturated carbocycles. The van der Waals surface area contributed by atoms with Gasteiger partial charge in [0, 0.05) is 17.0 Å². The number of benzene rings is 1. The lowest BCUT2D eigenvalue weighted by Crippen LogP contribution is -2.40. The van der Waals surface area contributed by atoms with Gasteiger partial charge in [-0.3, -0.25) is 0 Å². The molecule has 7 nitrogen and oxygen atoms in total. The number of nitrogens with one attached hydrogen (secondary N) is 2. The summed E-state index contributed by atoms with van der Waals surface area (Å²) in [6, 6.07) is -2.53. The van der Waals surface area contributed by atoms with Crippen LogP contribution in [0, 0.1) is 18.6 Å². The molecule has 0 spiro atoms. The van der Waals surface area contributed by atoms with Crippen LogP contribution in [0.1, 0.15) is 17.4 Å². The van der Waals surface area contributed by atoms with E-state index in [1.165, 1.54) is 6.92 Å². The van der Waals surface area contributed by atoms with Gasteiger partial charge in [0.2, 0.25) is 5.95 Å². The maximum atomic E-state index is 13.8. The summed E-state index contributed by atoms with van der Waals surface area (Å²) in [7, 11) is 0. The summed E-state index contributed by atoms with van der Waals surface area (Å²) in [6.45, 7) is 1.20. The molecule has 28 heavy (non-hydrogen) atoms. The Morgan fingerprint density at radius 1 is 1.21 bits per heavy atom. The number of urea groups is 1. The molecule has 0 aliphatic carbocycles. The van der Waals surface area contributed by atoms with E-state index in [4.69, 9.17) is 10.2 Å². The van der Waals surface area contributed by atoms with E-state index in [0.717, 1.165) is 18.5 Å². The van der Waals surface area contributed by atoms with Gasteiger partial charge < -0.3 is 20.8 Å². The topological polar surface area (TPSA) is 106 Å². The summed E-state index contributed by atoms with van der Waals surface area (Å²) in [5, 5.41) is 3.64. The zero-order chi connectivity index (χ0) is 20.6. The molecule has 148 valence electrons. The monoisotopic (exact) mass is 401 g/mol. The molecule has 3 aromatic rings. The standard InChI is InChI=1S/C16H12F5N5O2/c1-6-9-2-7(17)3-10(18)12(9)28-11(6)13(16(19,20)21)26-15(27)25-8-4-23-14(22)24-5-8/h2-5,13H,1H3,(H2,22,23,24)(H2,25,26,27)/t13-/m0/s1. The third-order valence-corrected chi connectivity index (χ3v) is 3.79. The first-order valence-corrected chi connectivity index (χ1v) is 7.66. The number of hydrogen-bond acceptors (Lipinski definition) is 5. The fourth-order valence-corrected chi connectivity index (χ4v) is 2.53. The molecule has 1 atom stereocenters. The smallest absolute Gasteiger partial charge is 0.416 e.